The molecule has 1 aromatic carbocycles. The normalized spacial score (nSPS) is 15.0. The van der Waals surface area contributed by atoms with Crippen molar-refractivity contribution in [2.45, 2.75) is 129 Å². The molecule has 1 unspecified atom stereocenters. The lowest BCUT2D eigenvalue weighted by Gasteiger charge is -2.37. The van der Waals surface area contributed by atoms with Crippen molar-refractivity contribution < 1.29 is 9.59 Å². The van der Waals surface area contributed by atoms with Gasteiger partial charge in [-0.25, -0.2) is 0 Å². The van der Waals surface area contributed by atoms with E-state index in [2.05, 4.69) is 36.5 Å². The van der Waals surface area contributed by atoms with Crippen LogP contribution in [0.25, 0.3) is 0 Å². The summed E-state index contributed by atoms with van der Waals surface area (Å²) in [7, 11) is 3.91. The monoisotopic (exact) mass is 513 g/mol. The molecule has 0 saturated carbocycles. The molecule has 1 atom stereocenters. The van der Waals surface area contributed by atoms with Gasteiger partial charge < -0.3 is 15.1 Å². The van der Waals surface area contributed by atoms with Gasteiger partial charge in [0.2, 0.25) is 11.8 Å². The van der Waals surface area contributed by atoms with Crippen molar-refractivity contribution in [1.29, 1.82) is 0 Å². The molecule has 1 aromatic rings. The van der Waals surface area contributed by atoms with Crippen LogP contribution in [0.5, 0.6) is 0 Å². The Labute approximate surface area is 227 Å². The maximum atomic E-state index is 13.3. The quantitative estimate of drug-likeness (QED) is 0.193. The Morgan fingerprint density at radius 1 is 0.865 bits per heavy atom. The minimum atomic E-state index is -0.0314. The fraction of sp³-hybridized carbons (Fsp3) is 0.750. The number of unbranched alkanes of at least 4 members (excludes halogenated alkanes) is 12. The zero-order valence-corrected chi connectivity index (χ0v) is 24.2. The molecule has 5 heteroatoms. The van der Waals surface area contributed by atoms with Crippen LogP contribution in [0.1, 0.15) is 121 Å². The zero-order valence-electron chi connectivity index (χ0n) is 24.2. The van der Waals surface area contributed by atoms with Gasteiger partial charge in [-0.1, -0.05) is 102 Å². The largest absolute Gasteiger partial charge is 0.346 e. The summed E-state index contributed by atoms with van der Waals surface area (Å²) in [5.41, 5.74) is 2.52. The molecule has 0 aliphatic carbocycles. The Kier molecular flexibility index (Phi) is 16.3. The standard InChI is InChI=1S/C32H55N3O2/c1-4-5-6-7-8-9-10-11-12-15-22-31(36)35-27-29-21-17-16-20-28(29)25-30(35)26-32(37)34(3)24-19-14-13-18-23-33-2/h16-17,20-21,30,33H,4-15,18-19,22-27H2,1-3H3. The summed E-state index contributed by atoms with van der Waals surface area (Å²) in [6, 6.07) is 8.38. The van der Waals surface area contributed by atoms with Gasteiger partial charge >= 0.3 is 0 Å². The Bertz CT molecular complexity index is 766. The van der Waals surface area contributed by atoms with E-state index in [1.165, 1.54) is 75.3 Å². The van der Waals surface area contributed by atoms with Gasteiger partial charge in [0, 0.05) is 39.0 Å². The predicted molar refractivity (Wildman–Crippen MR) is 156 cm³/mol. The van der Waals surface area contributed by atoms with E-state index in [1.807, 2.05) is 23.9 Å². The molecule has 0 spiro atoms. The maximum absolute atomic E-state index is 13.3. The number of carbonyl (C=O) groups excluding carboxylic acids is 2. The van der Waals surface area contributed by atoms with Gasteiger partial charge in [-0.05, 0) is 50.4 Å². The highest BCUT2D eigenvalue weighted by molar-refractivity contribution is 5.80. The number of benzene rings is 1. The topological polar surface area (TPSA) is 52.7 Å². The first-order valence-corrected chi connectivity index (χ1v) is 15.3. The number of nitrogens with one attached hydrogen (secondary N) is 1. The summed E-state index contributed by atoms with van der Waals surface area (Å²) in [5, 5.41) is 3.19. The lowest BCUT2D eigenvalue weighted by atomic mass is 9.91. The number of amides is 2. The number of hydrogen-bond acceptors (Lipinski definition) is 3. The molecule has 0 bridgehead atoms. The van der Waals surface area contributed by atoms with Crippen molar-refractivity contribution in [2.24, 2.45) is 0 Å². The molecule has 1 aliphatic heterocycles. The van der Waals surface area contributed by atoms with Crippen LogP contribution in [0.2, 0.25) is 0 Å². The van der Waals surface area contributed by atoms with E-state index in [-0.39, 0.29) is 17.9 Å². The van der Waals surface area contributed by atoms with Crippen LogP contribution in [0.3, 0.4) is 0 Å². The highest BCUT2D eigenvalue weighted by atomic mass is 16.2. The second-order valence-corrected chi connectivity index (χ2v) is 11.1. The van der Waals surface area contributed by atoms with E-state index < -0.39 is 0 Å². The number of carbonyl (C=O) groups is 2. The van der Waals surface area contributed by atoms with E-state index in [4.69, 9.17) is 0 Å². The number of fused-ring (bicyclic) bond motifs is 1. The highest BCUT2D eigenvalue weighted by Crippen LogP contribution is 2.27. The van der Waals surface area contributed by atoms with E-state index in [9.17, 15) is 9.59 Å². The molecule has 2 rings (SSSR count). The van der Waals surface area contributed by atoms with E-state index in [0.717, 1.165) is 45.2 Å². The number of hydrogen-bond donors (Lipinski definition) is 1. The minimum Gasteiger partial charge on any atom is -0.346 e. The molecular formula is C32H55N3O2. The van der Waals surface area contributed by atoms with Gasteiger partial charge in [-0.3, -0.25) is 9.59 Å². The molecule has 210 valence electrons. The fourth-order valence-electron chi connectivity index (χ4n) is 5.46. The van der Waals surface area contributed by atoms with Crippen molar-refractivity contribution in [1.82, 2.24) is 15.1 Å². The maximum Gasteiger partial charge on any atom is 0.224 e. The smallest absolute Gasteiger partial charge is 0.224 e. The van der Waals surface area contributed by atoms with Gasteiger partial charge in [0.05, 0.1) is 0 Å². The molecule has 0 aromatic heterocycles. The molecule has 0 radical (unpaired) electrons. The van der Waals surface area contributed by atoms with Gasteiger partial charge in [-0.15, -0.1) is 0 Å². The summed E-state index contributed by atoms with van der Waals surface area (Å²) >= 11 is 0. The Morgan fingerprint density at radius 3 is 2.14 bits per heavy atom. The van der Waals surface area contributed by atoms with Gasteiger partial charge in [0.25, 0.3) is 0 Å². The van der Waals surface area contributed by atoms with Crippen LogP contribution in [0, 0.1) is 0 Å². The molecule has 1 N–H and O–H groups in total. The SMILES string of the molecule is CCCCCCCCCCCCC(=O)N1Cc2ccccc2CC1CC(=O)N(C)CCCCCCNC. The Balaban J connectivity index is 1.78. The highest BCUT2D eigenvalue weighted by Gasteiger charge is 2.31. The number of rotatable bonds is 20. The summed E-state index contributed by atoms with van der Waals surface area (Å²) in [4.78, 5) is 30.3. The third kappa shape index (κ3) is 12.5. The molecule has 1 heterocycles. The van der Waals surface area contributed by atoms with Crippen molar-refractivity contribution in [3.63, 3.8) is 0 Å². The van der Waals surface area contributed by atoms with Gasteiger partial charge in [0.1, 0.15) is 0 Å². The third-order valence-corrected chi connectivity index (χ3v) is 7.93. The molecule has 2 amide bonds. The summed E-state index contributed by atoms with van der Waals surface area (Å²) < 4.78 is 0. The van der Waals surface area contributed by atoms with E-state index >= 15 is 0 Å². The van der Waals surface area contributed by atoms with Crippen molar-refractivity contribution in [3.8, 4) is 0 Å². The van der Waals surface area contributed by atoms with Crippen molar-refractivity contribution in [2.75, 3.05) is 27.2 Å². The average molecular weight is 514 g/mol. The van der Waals surface area contributed by atoms with Crippen LogP contribution in [0.15, 0.2) is 24.3 Å². The zero-order chi connectivity index (χ0) is 26.7. The second kappa shape index (κ2) is 19.2. The third-order valence-electron chi connectivity index (χ3n) is 7.93. The lowest BCUT2D eigenvalue weighted by molar-refractivity contribution is -0.138. The van der Waals surface area contributed by atoms with Crippen LogP contribution in [0.4, 0.5) is 0 Å². The first-order chi connectivity index (χ1) is 18.1. The fourth-order valence-corrected chi connectivity index (χ4v) is 5.46. The van der Waals surface area contributed by atoms with Gasteiger partial charge in [0.15, 0.2) is 0 Å². The van der Waals surface area contributed by atoms with Gasteiger partial charge in [-0.2, -0.15) is 0 Å². The van der Waals surface area contributed by atoms with Crippen LogP contribution in [-0.4, -0.2) is 54.8 Å². The summed E-state index contributed by atoms with van der Waals surface area (Å²) in [6.45, 7) is 4.76. The summed E-state index contributed by atoms with van der Waals surface area (Å²) in [6.07, 6.45) is 19.1. The predicted octanol–water partition coefficient (Wildman–Crippen LogP) is 6.88. The summed E-state index contributed by atoms with van der Waals surface area (Å²) in [5.74, 6) is 0.385. The number of nitrogens with zero attached hydrogens (tertiary/aromatic N) is 2. The minimum absolute atomic E-state index is 0.0314. The molecule has 0 saturated heterocycles. The van der Waals surface area contributed by atoms with E-state index in [1.54, 1.807) is 0 Å². The Hall–Kier alpha value is -1.88. The molecule has 37 heavy (non-hydrogen) atoms. The average Bonchev–Trinajstić information content (AvgIpc) is 2.91. The van der Waals surface area contributed by atoms with Crippen LogP contribution in [-0.2, 0) is 22.6 Å². The second-order valence-electron chi connectivity index (χ2n) is 11.1. The van der Waals surface area contributed by atoms with E-state index in [0.29, 0.717) is 19.4 Å². The van der Waals surface area contributed by atoms with Crippen LogP contribution < -0.4 is 5.32 Å². The van der Waals surface area contributed by atoms with Crippen molar-refractivity contribution in [3.05, 3.63) is 35.4 Å². The van der Waals surface area contributed by atoms with Crippen LogP contribution >= 0.6 is 0 Å². The van der Waals surface area contributed by atoms with Crippen molar-refractivity contribution >= 4 is 11.8 Å². The first-order valence-electron chi connectivity index (χ1n) is 15.3. The lowest BCUT2D eigenvalue weighted by Crippen LogP contribution is -2.46. The molecule has 5 nitrogen and oxygen atoms in total. The molecule has 0 fully saturated rings. The first kappa shape index (κ1) is 31.3. The molecular weight excluding hydrogens is 458 g/mol. The molecule has 1 aliphatic rings. The Morgan fingerprint density at radius 2 is 1.46 bits per heavy atom.